The molecule has 0 aliphatic heterocycles. The highest BCUT2D eigenvalue weighted by atomic mass is 16.1. The maximum atomic E-state index is 11.5. The van der Waals surface area contributed by atoms with Crippen molar-refractivity contribution < 1.29 is 4.79 Å². The van der Waals surface area contributed by atoms with Gasteiger partial charge in [0.15, 0.2) is 5.78 Å². The van der Waals surface area contributed by atoms with Gasteiger partial charge in [-0.2, -0.15) is 0 Å². The Hall–Kier alpha value is -1.51. The van der Waals surface area contributed by atoms with E-state index < -0.39 is 0 Å². The van der Waals surface area contributed by atoms with Crippen LogP contribution in [0.2, 0.25) is 0 Å². The van der Waals surface area contributed by atoms with E-state index in [1.165, 1.54) is 0 Å². The second-order valence-electron chi connectivity index (χ2n) is 3.09. The molecule has 74 valence electrons. The minimum absolute atomic E-state index is 0.0809. The first-order valence-electron chi connectivity index (χ1n) is 4.68. The number of unbranched alkanes of at least 4 members (excludes halogenated alkanes) is 1. The van der Waals surface area contributed by atoms with E-state index >= 15 is 0 Å². The van der Waals surface area contributed by atoms with Crippen LogP contribution in [0.1, 0.15) is 35.6 Å². The molecule has 0 atom stereocenters. The maximum Gasteiger partial charge on any atom is 0.181 e. The molecule has 14 heavy (non-hydrogen) atoms. The SMILES string of the molecule is C=CCCCC(=O)c1ccnc(C)n1. The molecule has 0 aliphatic rings. The van der Waals surface area contributed by atoms with Gasteiger partial charge in [0.1, 0.15) is 11.5 Å². The highest BCUT2D eigenvalue weighted by Gasteiger charge is 2.06. The van der Waals surface area contributed by atoms with E-state index in [0.717, 1.165) is 12.8 Å². The molecule has 3 nitrogen and oxygen atoms in total. The second-order valence-corrected chi connectivity index (χ2v) is 3.09. The zero-order valence-corrected chi connectivity index (χ0v) is 8.36. The zero-order chi connectivity index (χ0) is 10.4. The lowest BCUT2D eigenvalue weighted by Crippen LogP contribution is -2.03. The van der Waals surface area contributed by atoms with E-state index in [9.17, 15) is 4.79 Å². The Balaban J connectivity index is 2.56. The molecule has 0 N–H and O–H groups in total. The van der Waals surface area contributed by atoms with E-state index in [4.69, 9.17) is 0 Å². The third-order valence-corrected chi connectivity index (χ3v) is 1.87. The highest BCUT2D eigenvalue weighted by molar-refractivity contribution is 5.94. The molecule has 1 heterocycles. The molecule has 0 bridgehead atoms. The number of ketones is 1. The molecule has 1 aromatic heterocycles. The van der Waals surface area contributed by atoms with E-state index in [0.29, 0.717) is 17.9 Å². The third kappa shape index (κ3) is 3.09. The summed E-state index contributed by atoms with van der Waals surface area (Å²) < 4.78 is 0. The number of hydrogen-bond donors (Lipinski definition) is 0. The van der Waals surface area contributed by atoms with Crippen LogP contribution < -0.4 is 0 Å². The summed E-state index contributed by atoms with van der Waals surface area (Å²) in [6.07, 6.45) is 5.67. The predicted octanol–water partition coefficient (Wildman–Crippen LogP) is 2.32. The second kappa shape index (κ2) is 5.27. The van der Waals surface area contributed by atoms with Gasteiger partial charge in [0.25, 0.3) is 0 Å². The fourth-order valence-corrected chi connectivity index (χ4v) is 1.15. The average molecular weight is 190 g/mol. The quantitative estimate of drug-likeness (QED) is 0.406. The fraction of sp³-hybridized carbons (Fsp3) is 0.364. The van der Waals surface area contributed by atoms with Crippen LogP contribution in [-0.4, -0.2) is 15.8 Å². The minimum atomic E-state index is 0.0809. The number of aryl methyl sites for hydroxylation is 1. The zero-order valence-electron chi connectivity index (χ0n) is 8.36. The smallest absolute Gasteiger partial charge is 0.181 e. The first kappa shape index (κ1) is 10.6. The summed E-state index contributed by atoms with van der Waals surface area (Å²) in [6, 6.07) is 1.66. The molecular formula is C11H14N2O. The van der Waals surface area contributed by atoms with Crippen molar-refractivity contribution in [2.45, 2.75) is 26.2 Å². The number of nitrogens with zero attached hydrogens (tertiary/aromatic N) is 2. The minimum Gasteiger partial charge on any atom is -0.292 e. The lowest BCUT2D eigenvalue weighted by atomic mass is 10.1. The molecule has 0 amide bonds. The molecule has 0 spiro atoms. The predicted molar refractivity (Wildman–Crippen MR) is 55.1 cm³/mol. The van der Waals surface area contributed by atoms with Crippen LogP contribution in [0.15, 0.2) is 24.9 Å². The van der Waals surface area contributed by atoms with Crippen LogP contribution >= 0.6 is 0 Å². The summed E-state index contributed by atoms with van der Waals surface area (Å²) in [5.74, 6) is 0.719. The molecule has 0 aromatic carbocycles. The van der Waals surface area contributed by atoms with E-state index in [-0.39, 0.29) is 5.78 Å². The molecule has 1 aromatic rings. The number of hydrogen-bond acceptors (Lipinski definition) is 3. The topological polar surface area (TPSA) is 42.9 Å². The molecule has 0 saturated heterocycles. The van der Waals surface area contributed by atoms with Crippen molar-refractivity contribution in [1.82, 2.24) is 9.97 Å². The molecule has 0 aliphatic carbocycles. The van der Waals surface area contributed by atoms with E-state index in [2.05, 4.69) is 16.5 Å². The molecule has 1 rings (SSSR count). The first-order chi connectivity index (χ1) is 6.74. The Bertz CT molecular complexity index is 334. The Morgan fingerprint density at radius 2 is 2.43 bits per heavy atom. The van der Waals surface area contributed by atoms with Crippen molar-refractivity contribution in [3.63, 3.8) is 0 Å². The molecule has 0 saturated carbocycles. The Morgan fingerprint density at radius 3 is 3.07 bits per heavy atom. The van der Waals surface area contributed by atoms with Crippen LogP contribution in [0, 0.1) is 6.92 Å². The van der Waals surface area contributed by atoms with Crippen molar-refractivity contribution in [2.24, 2.45) is 0 Å². The lowest BCUT2D eigenvalue weighted by molar-refractivity contribution is 0.0975. The normalized spacial score (nSPS) is 9.79. The van der Waals surface area contributed by atoms with Gasteiger partial charge in [0.2, 0.25) is 0 Å². The van der Waals surface area contributed by atoms with Crippen LogP contribution in [0.4, 0.5) is 0 Å². The van der Waals surface area contributed by atoms with E-state index in [1.54, 1.807) is 19.2 Å². The van der Waals surface area contributed by atoms with Crippen molar-refractivity contribution in [3.05, 3.63) is 36.4 Å². The van der Waals surface area contributed by atoms with Crippen molar-refractivity contribution in [3.8, 4) is 0 Å². The maximum absolute atomic E-state index is 11.5. The summed E-state index contributed by atoms with van der Waals surface area (Å²) in [5, 5.41) is 0. The fourth-order valence-electron chi connectivity index (χ4n) is 1.15. The Morgan fingerprint density at radius 1 is 1.64 bits per heavy atom. The van der Waals surface area contributed by atoms with Gasteiger partial charge in [-0.1, -0.05) is 6.08 Å². The number of carbonyl (C=O) groups excluding carboxylic acids is 1. The highest BCUT2D eigenvalue weighted by Crippen LogP contribution is 2.04. The number of Topliss-reactive ketones (excluding diaryl/α,β-unsaturated/α-hetero) is 1. The number of rotatable bonds is 5. The van der Waals surface area contributed by atoms with Gasteiger partial charge in [-0.25, -0.2) is 9.97 Å². The van der Waals surface area contributed by atoms with Gasteiger partial charge in [0.05, 0.1) is 0 Å². The van der Waals surface area contributed by atoms with E-state index in [1.807, 2.05) is 6.08 Å². The monoisotopic (exact) mass is 190 g/mol. The largest absolute Gasteiger partial charge is 0.292 e. The molecular weight excluding hydrogens is 176 g/mol. The summed E-state index contributed by atoms with van der Waals surface area (Å²) >= 11 is 0. The summed E-state index contributed by atoms with van der Waals surface area (Å²) in [7, 11) is 0. The lowest BCUT2D eigenvalue weighted by Gasteiger charge is -1.99. The number of aromatic nitrogens is 2. The van der Waals surface area contributed by atoms with Crippen LogP contribution in [0.3, 0.4) is 0 Å². The molecule has 0 radical (unpaired) electrons. The molecule has 3 heteroatoms. The molecule has 0 unspecified atom stereocenters. The van der Waals surface area contributed by atoms with Gasteiger partial charge >= 0.3 is 0 Å². The Kier molecular flexibility index (Phi) is 3.98. The average Bonchev–Trinajstić information content (AvgIpc) is 2.18. The van der Waals surface area contributed by atoms with Crippen LogP contribution in [0.25, 0.3) is 0 Å². The third-order valence-electron chi connectivity index (χ3n) is 1.87. The number of allylic oxidation sites excluding steroid dienone is 1. The summed E-state index contributed by atoms with van der Waals surface area (Å²) in [6.45, 7) is 5.39. The number of carbonyl (C=O) groups is 1. The van der Waals surface area contributed by atoms with Gasteiger partial charge in [-0.3, -0.25) is 4.79 Å². The van der Waals surface area contributed by atoms with Crippen molar-refractivity contribution in [1.29, 1.82) is 0 Å². The van der Waals surface area contributed by atoms with Crippen molar-refractivity contribution in [2.75, 3.05) is 0 Å². The molecule has 0 fully saturated rings. The Labute approximate surface area is 83.9 Å². The summed E-state index contributed by atoms with van der Waals surface area (Å²) in [5.41, 5.74) is 0.515. The van der Waals surface area contributed by atoms with Crippen molar-refractivity contribution >= 4 is 5.78 Å². The standard InChI is InChI=1S/C11H14N2O/c1-3-4-5-6-11(14)10-7-8-12-9(2)13-10/h3,7-8H,1,4-6H2,2H3. The van der Waals surface area contributed by atoms with Gasteiger partial charge in [0, 0.05) is 12.6 Å². The first-order valence-corrected chi connectivity index (χ1v) is 4.68. The van der Waals surface area contributed by atoms with Crippen LogP contribution in [0.5, 0.6) is 0 Å². The van der Waals surface area contributed by atoms with Gasteiger partial charge < -0.3 is 0 Å². The van der Waals surface area contributed by atoms with Gasteiger partial charge in [-0.05, 0) is 25.8 Å². The summed E-state index contributed by atoms with van der Waals surface area (Å²) in [4.78, 5) is 19.6. The van der Waals surface area contributed by atoms with Crippen LogP contribution in [-0.2, 0) is 0 Å². The van der Waals surface area contributed by atoms with Gasteiger partial charge in [-0.15, -0.1) is 6.58 Å².